The van der Waals surface area contributed by atoms with E-state index >= 15 is 0 Å². The summed E-state index contributed by atoms with van der Waals surface area (Å²) in [7, 11) is 0. The fraction of sp³-hybridized carbons (Fsp3) is 0.750. The van der Waals surface area contributed by atoms with Crippen LogP contribution in [-0.2, 0) is 12.7 Å². The van der Waals surface area contributed by atoms with Crippen LogP contribution in [0.2, 0.25) is 0 Å². The lowest BCUT2D eigenvalue weighted by molar-refractivity contribution is -0.137. The zero-order valence-corrected chi connectivity index (χ0v) is 10.2. The van der Waals surface area contributed by atoms with Gasteiger partial charge in [-0.05, 0) is 25.3 Å². The Morgan fingerprint density at radius 3 is 2.67 bits per heavy atom. The molecule has 0 aromatic carbocycles. The molecule has 0 atom stereocenters. The van der Waals surface area contributed by atoms with E-state index < -0.39 is 11.7 Å². The zero-order chi connectivity index (χ0) is 13.0. The van der Waals surface area contributed by atoms with Gasteiger partial charge in [-0.3, -0.25) is 4.68 Å². The van der Waals surface area contributed by atoms with E-state index in [1.807, 2.05) is 0 Å². The van der Waals surface area contributed by atoms with Crippen molar-refractivity contribution in [3.8, 4) is 0 Å². The molecule has 0 aliphatic heterocycles. The van der Waals surface area contributed by atoms with Crippen LogP contribution in [0, 0.1) is 5.92 Å². The summed E-state index contributed by atoms with van der Waals surface area (Å²) in [6, 6.07) is 0. The van der Waals surface area contributed by atoms with Crippen LogP contribution < -0.4 is 5.32 Å². The number of aromatic nitrogens is 2. The highest BCUT2D eigenvalue weighted by Crippen LogP contribution is 2.28. The van der Waals surface area contributed by atoms with Gasteiger partial charge in [0.1, 0.15) is 0 Å². The van der Waals surface area contributed by atoms with Crippen LogP contribution in [0.1, 0.15) is 31.2 Å². The van der Waals surface area contributed by atoms with Crippen molar-refractivity contribution in [3.05, 3.63) is 18.0 Å². The molecular formula is C12H18F3N3. The summed E-state index contributed by atoms with van der Waals surface area (Å²) < 4.78 is 38.3. The molecule has 1 saturated carbocycles. The number of nitrogens with one attached hydrogen (secondary N) is 1. The van der Waals surface area contributed by atoms with Gasteiger partial charge in [0.15, 0.2) is 0 Å². The van der Waals surface area contributed by atoms with Gasteiger partial charge in [0, 0.05) is 12.7 Å². The van der Waals surface area contributed by atoms with Crippen molar-refractivity contribution in [2.45, 2.75) is 38.4 Å². The van der Waals surface area contributed by atoms with Crippen LogP contribution in [-0.4, -0.2) is 22.9 Å². The minimum atomic E-state index is -4.30. The molecule has 1 N–H and O–H groups in total. The maximum atomic E-state index is 12.3. The Labute approximate surface area is 104 Å². The first-order valence-electron chi connectivity index (χ1n) is 6.36. The Hall–Kier alpha value is -1.04. The number of alkyl halides is 3. The van der Waals surface area contributed by atoms with E-state index in [0.717, 1.165) is 24.9 Å². The second-order valence-corrected chi connectivity index (χ2v) is 4.84. The molecule has 18 heavy (non-hydrogen) atoms. The minimum Gasteiger partial charge on any atom is -0.315 e. The van der Waals surface area contributed by atoms with E-state index in [1.165, 1.54) is 30.4 Å². The van der Waals surface area contributed by atoms with Gasteiger partial charge in [-0.25, -0.2) is 0 Å². The van der Waals surface area contributed by atoms with E-state index in [9.17, 15) is 13.2 Å². The van der Waals surface area contributed by atoms with E-state index in [4.69, 9.17) is 0 Å². The third-order valence-corrected chi connectivity index (χ3v) is 3.39. The first-order valence-corrected chi connectivity index (χ1v) is 6.36. The van der Waals surface area contributed by atoms with Gasteiger partial charge in [0.2, 0.25) is 0 Å². The predicted molar refractivity (Wildman–Crippen MR) is 62.1 cm³/mol. The van der Waals surface area contributed by atoms with Crippen molar-refractivity contribution in [1.82, 2.24) is 15.1 Å². The van der Waals surface area contributed by atoms with Gasteiger partial charge < -0.3 is 5.32 Å². The standard InChI is InChI=1S/C12H18F3N3/c13-12(14,15)11-8-17-18(9-11)6-5-16-7-10-3-1-2-4-10/h8-10,16H,1-7H2. The lowest BCUT2D eigenvalue weighted by Crippen LogP contribution is -2.25. The van der Waals surface area contributed by atoms with Crippen LogP contribution in [0.5, 0.6) is 0 Å². The number of hydrogen-bond donors (Lipinski definition) is 1. The molecule has 1 aromatic heterocycles. The van der Waals surface area contributed by atoms with Crippen molar-refractivity contribution >= 4 is 0 Å². The summed E-state index contributed by atoms with van der Waals surface area (Å²) in [5.41, 5.74) is -0.682. The quantitative estimate of drug-likeness (QED) is 0.826. The van der Waals surface area contributed by atoms with Crippen LogP contribution in [0.15, 0.2) is 12.4 Å². The summed E-state index contributed by atoms with van der Waals surface area (Å²) in [5.74, 6) is 0.744. The molecule has 0 amide bonds. The highest BCUT2D eigenvalue weighted by atomic mass is 19.4. The van der Waals surface area contributed by atoms with E-state index in [1.54, 1.807) is 0 Å². The van der Waals surface area contributed by atoms with Gasteiger partial charge >= 0.3 is 6.18 Å². The molecule has 6 heteroatoms. The van der Waals surface area contributed by atoms with Crippen molar-refractivity contribution < 1.29 is 13.2 Å². The predicted octanol–water partition coefficient (Wildman–Crippen LogP) is 2.68. The van der Waals surface area contributed by atoms with Crippen molar-refractivity contribution in [1.29, 1.82) is 0 Å². The summed E-state index contributed by atoms with van der Waals surface area (Å²) in [6.45, 7) is 2.10. The molecule has 1 aliphatic rings. The van der Waals surface area contributed by atoms with E-state index in [2.05, 4.69) is 10.4 Å². The Balaban J connectivity index is 1.68. The van der Waals surface area contributed by atoms with Crippen LogP contribution in [0.25, 0.3) is 0 Å². The largest absolute Gasteiger partial charge is 0.419 e. The lowest BCUT2D eigenvalue weighted by Gasteiger charge is -2.10. The molecule has 0 saturated heterocycles. The minimum absolute atomic E-state index is 0.475. The molecule has 3 nitrogen and oxygen atoms in total. The van der Waals surface area contributed by atoms with Crippen LogP contribution >= 0.6 is 0 Å². The second kappa shape index (κ2) is 5.73. The first kappa shape index (κ1) is 13.4. The Morgan fingerprint density at radius 1 is 1.33 bits per heavy atom. The molecule has 2 rings (SSSR count). The van der Waals surface area contributed by atoms with Gasteiger partial charge in [-0.2, -0.15) is 18.3 Å². The summed E-state index contributed by atoms with van der Waals surface area (Å²) >= 11 is 0. The number of hydrogen-bond acceptors (Lipinski definition) is 2. The highest BCUT2D eigenvalue weighted by molar-refractivity contribution is 5.08. The summed E-state index contributed by atoms with van der Waals surface area (Å²) in [4.78, 5) is 0. The average molecular weight is 261 g/mol. The summed E-state index contributed by atoms with van der Waals surface area (Å²) in [5, 5.41) is 6.99. The first-order chi connectivity index (χ1) is 8.55. The maximum Gasteiger partial charge on any atom is 0.419 e. The molecule has 0 spiro atoms. The molecule has 102 valence electrons. The van der Waals surface area contributed by atoms with Crippen molar-refractivity contribution in [2.24, 2.45) is 5.92 Å². The van der Waals surface area contributed by atoms with Gasteiger partial charge in [-0.15, -0.1) is 0 Å². The highest BCUT2D eigenvalue weighted by Gasteiger charge is 2.32. The monoisotopic (exact) mass is 261 g/mol. The zero-order valence-electron chi connectivity index (χ0n) is 10.2. The van der Waals surface area contributed by atoms with Gasteiger partial charge in [-0.1, -0.05) is 12.8 Å². The second-order valence-electron chi connectivity index (χ2n) is 4.84. The normalized spacial score (nSPS) is 17.5. The maximum absolute atomic E-state index is 12.3. The van der Waals surface area contributed by atoms with E-state index in [0.29, 0.717) is 13.1 Å². The molecular weight excluding hydrogens is 243 g/mol. The van der Waals surface area contributed by atoms with Gasteiger partial charge in [0.25, 0.3) is 0 Å². The Kier molecular flexibility index (Phi) is 4.27. The molecule has 1 aromatic rings. The van der Waals surface area contributed by atoms with E-state index in [-0.39, 0.29) is 0 Å². The third kappa shape index (κ3) is 3.73. The number of halogens is 3. The molecule has 0 bridgehead atoms. The third-order valence-electron chi connectivity index (χ3n) is 3.39. The van der Waals surface area contributed by atoms with Crippen molar-refractivity contribution in [3.63, 3.8) is 0 Å². The molecule has 0 radical (unpaired) electrons. The molecule has 0 unspecified atom stereocenters. The molecule has 1 heterocycles. The van der Waals surface area contributed by atoms with Crippen molar-refractivity contribution in [2.75, 3.05) is 13.1 Å². The number of rotatable bonds is 5. The smallest absolute Gasteiger partial charge is 0.315 e. The van der Waals surface area contributed by atoms with Crippen LogP contribution in [0.4, 0.5) is 13.2 Å². The number of nitrogens with zero attached hydrogens (tertiary/aromatic N) is 2. The average Bonchev–Trinajstić information content (AvgIpc) is 2.95. The fourth-order valence-electron chi connectivity index (χ4n) is 2.35. The SMILES string of the molecule is FC(F)(F)c1cnn(CCNCC2CCCC2)c1. The molecule has 1 fully saturated rings. The van der Waals surface area contributed by atoms with Crippen LogP contribution in [0.3, 0.4) is 0 Å². The van der Waals surface area contributed by atoms with Gasteiger partial charge in [0.05, 0.1) is 18.3 Å². The Morgan fingerprint density at radius 2 is 2.06 bits per heavy atom. The lowest BCUT2D eigenvalue weighted by atomic mass is 10.1. The Bertz CT molecular complexity index is 367. The summed E-state index contributed by atoms with van der Waals surface area (Å²) in [6.07, 6.45) is 2.78. The topological polar surface area (TPSA) is 29.9 Å². The fourth-order valence-corrected chi connectivity index (χ4v) is 2.35. The molecule has 1 aliphatic carbocycles.